The first-order chi connectivity index (χ1) is 7.77. The molecule has 0 atom stereocenters. The summed E-state index contributed by atoms with van der Waals surface area (Å²) in [5, 5.41) is 3.68. The van der Waals surface area contributed by atoms with Crippen molar-refractivity contribution in [2.75, 3.05) is 5.32 Å². The Kier molecular flexibility index (Phi) is 4.28. The maximum absolute atomic E-state index is 3.68. The van der Waals surface area contributed by atoms with E-state index in [9.17, 15) is 0 Å². The van der Waals surface area contributed by atoms with Gasteiger partial charge in [-0.3, -0.25) is 0 Å². The minimum absolute atomic E-state index is 0.667. The molecule has 1 aromatic rings. The van der Waals surface area contributed by atoms with Crippen LogP contribution in [0.15, 0.2) is 22.7 Å². The zero-order valence-electron chi connectivity index (χ0n) is 9.93. The van der Waals surface area contributed by atoms with Crippen molar-refractivity contribution in [1.29, 1.82) is 0 Å². The van der Waals surface area contributed by atoms with Crippen LogP contribution in [0.5, 0.6) is 0 Å². The average Bonchev–Trinajstić information content (AvgIpc) is 2.53. The second-order valence-corrected chi connectivity index (χ2v) is 5.56. The Morgan fingerprint density at radius 3 is 2.50 bits per heavy atom. The molecule has 0 aliphatic heterocycles. The van der Waals surface area contributed by atoms with E-state index in [0.29, 0.717) is 6.04 Å². The maximum atomic E-state index is 3.68. The Morgan fingerprint density at radius 2 is 1.81 bits per heavy atom. The Morgan fingerprint density at radius 1 is 1.12 bits per heavy atom. The Hall–Kier alpha value is -0.500. The SMILES string of the molecule is Cc1cccc(NC2CCCCCC2)c1Br. The number of hydrogen-bond acceptors (Lipinski definition) is 1. The van der Waals surface area contributed by atoms with Crippen LogP contribution in [0.25, 0.3) is 0 Å². The molecule has 0 saturated heterocycles. The Bertz CT molecular complexity index is 341. The fraction of sp³-hybridized carbons (Fsp3) is 0.571. The molecule has 1 N–H and O–H groups in total. The molecule has 1 aromatic carbocycles. The number of nitrogens with one attached hydrogen (secondary N) is 1. The molecule has 1 aliphatic carbocycles. The number of hydrogen-bond donors (Lipinski definition) is 1. The summed E-state index contributed by atoms with van der Waals surface area (Å²) in [6.45, 7) is 2.14. The van der Waals surface area contributed by atoms with Gasteiger partial charge in [0, 0.05) is 16.2 Å². The smallest absolute Gasteiger partial charge is 0.0489 e. The largest absolute Gasteiger partial charge is 0.381 e. The van der Waals surface area contributed by atoms with E-state index >= 15 is 0 Å². The third kappa shape index (κ3) is 3.00. The molecular formula is C14H20BrN. The van der Waals surface area contributed by atoms with E-state index in [4.69, 9.17) is 0 Å². The predicted molar refractivity (Wildman–Crippen MR) is 74.0 cm³/mol. The van der Waals surface area contributed by atoms with Crippen LogP contribution in [0.4, 0.5) is 5.69 Å². The number of halogens is 1. The van der Waals surface area contributed by atoms with Crippen LogP contribution in [0.3, 0.4) is 0 Å². The van der Waals surface area contributed by atoms with E-state index in [1.165, 1.54) is 54.2 Å². The van der Waals surface area contributed by atoms with Gasteiger partial charge < -0.3 is 5.32 Å². The third-order valence-electron chi connectivity index (χ3n) is 3.41. The van der Waals surface area contributed by atoms with Gasteiger partial charge in [0.05, 0.1) is 0 Å². The van der Waals surface area contributed by atoms with E-state index in [1.807, 2.05) is 0 Å². The van der Waals surface area contributed by atoms with Gasteiger partial charge in [0.2, 0.25) is 0 Å². The van der Waals surface area contributed by atoms with Crippen molar-refractivity contribution in [1.82, 2.24) is 0 Å². The Labute approximate surface area is 107 Å². The summed E-state index contributed by atoms with van der Waals surface area (Å²) in [6, 6.07) is 7.10. The van der Waals surface area contributed by atoms with Crippen molar-refractivity contribution < 1.29 is 0 Å². The van der Waals surface area contributed by atoms with Gasteiger partial charge in [-0.2, -0.15) is 0 Å². The van der Waals surface area contributed by atoms with Gasteiger partial charge in [0.25, 0.3) is 0 Å². The number of anilines is 1. The van der Waals surface area contributed by atoms with Crippen LogP contribution in [-0.4, -0.2) is 6.04 Å². The normalized spacial score (nSPS) is 18.1. The van der Waals surface area contributed by atoms with Gasteiger partial charge >= 0.3 is 0 Å². The molecule has 1 nitrogen and oxygen atoms in total. The van der Waals surface area contributed by atoms with Gasteiger partial charge in [-0.25, -0.2) is 0 Å². The highest BCUT2D eigenvalue weighted by Crippen LogP contribution is 2.28. The molecule has 88 valence electrons. The van der Waals surface area contributed by atoms with Crippen LogP contribution < -0.4 is 5.32 Å². The van der Waals surface area contributed by atoms with Crippen LogP contribution in [-0.2, 0) is 0 Å². The molecule has 2 rings (SSSR count). The van der Waals surface area contributed by atoms with E-state index in [1.54, 1.807) is 0 Å². The highest BCUT2D eigenvalue weighted by Gasteiger charge is 2.13. The fourth-order valence-electron chi connectivity index (χ4n) is 2.40. The molecule has 2 heteroatoms. The highest BCUT2D eigenvalue weighted by atomic mass is 79.9. The molecule has 0 radical (unpaired) electrons. The quantitative estimate of drug-likeness (QED) is 0.761. The van der Waals surface area contributed by atoms with Crippen LogP contribution in [0.1, 0.15) is 44.1 Å². The van der Waals surface area contributed by atoms with Gasteiger partial charge in [0.1, 0.15) is 0 Å². The predicted octanol–water partition coefficient (Wildman–Crippen LogP) is 4.89. The molecule has 0 amide bonds. The lowest BCUT2D eigenvalue weighted by Crippen LogP contribution is -2.18. The zero-order valence-corrected chi connectivity index (χ0v) is 11.5. The fourth-order valence-corrected chi connectivity index (χ4v) is 2.78. The molecule has 0 aromatic heterocycles. The summed E-state index contributed by atoms with van der Waals surface area (Å²) in [5.74, 6) is 0. The van der Waals surface area contributed by atoms with Crippen molar-refractivity contribution in [2.24, 2.45) is 0 Å². The van der Waals surface area contributed by atoms with Crippen LogP contribution in [0, 0.1) is 6.92 Å². The lowest BCUT2D eigenvalue weighted by Gasteiger charge is -2.19. The summed E-state index contributed by atoms with van der Waals surface area (Å²) in [7, 11) is 0. The van der Waals surface area contributed by atoms with Gasteiger partial charge in [-0.1, -0.05) is 37.8 Å². The summed E-state index contributed by atoms with van der Waals surface area (Å²) < 4.78 is 1.22. The lowest BCUT2D eigenvalue weighted by molar-refractivity contribution is 0.619. The molecular weight excluding hydrogens is 262 g/mol. The molecule has 0 bridgehead atoms. The van der Waals surface area contributed by atoms with Crippen LogP contribution >= 0.6 is 15.9 Å². The summed E-state index contributed by atoms with van der Waals surface area (Å²) in [4.78, 5) is 0. The van der Waals surface area contributed by atoms with Crippen molar-refractivity contribution in [2.45, 2.75) is 51.5 Å². The van der Waals surface area contributed by atoms with Crippen molar-refractivity contribution >= 4 is 21.6 Å². The molecule has 1 saturated carbocycles. The number of benzene rings is 1. The van der Waals surface area contributed by atoms with Crippen molar-refractivity contribution in [3.05, 3.63) is 28.2 Å². The molecule has 1 fully saturated rings. The van der Waals surface area contributed by atoms with Crippen molar-refractivity contribution in [3.8, 4) is 0 Å². The van der Waals surface area contributed by atoms with Gasteiger partial charge in [0.15, 0.2) is 0 Å². The molecule has 16 heavy (non-hydrogen) atoms. The highest BCUT2D eigenvalue weighted by molar-refractivity contribution is 9.10. The summed E-state index contributed by atoms with van der Waals surface area (Å²) >= 11 is 3.66. The first kappa shape index (κ1) is 12.0. The third-order valence-corrected chi connectivity index (χ3v) is 4.46. The monoisotopic (exact) mass is 281 g/mol. The van der Waals surface area contributed by atoms with Crippen LogP contribution in [0.2, 0.25) is 0 Å². The summed E-state index contributed by atoms with van der Waals surface area (Å²) in [6.07, 6.45) is 8.21. The second-order valence-electron chi connectivity index (χ2n) is 4.77. The summed E-state index contributed by atoms with van der Waals surface area (Å²) in [5.41, 5.74) is 2.56. The standard InChI is InChI=1S/C14H20BrN/c1-11-7-6-10-13(14(11)15)16-12-8-4-2-3-5-9-12/h6-7,10,12,16H,2-5,8-9H2,1H3. The van der Waals surface area contributed by atoms with E-state index < -0.39 is 0 Å². The van der Waals surface area contributed by atoms with E-state index in [0.717, 1.165) is 0 Å². The van der Waals surface area contributed by atoms with Gasteiger partial charge in [-0.15, -0.1) is 0 Å². The first-order valence-corrected chi connectivity index (χ1v) is 7.08. The minimum atomic E-state index is 0.667. The average molecular weight is 282 g/mol. The molecule has 1 aliphatic rings. The Balaban J connectivity index is 2.04. The van der Waals surface area contributed by atoms with E-state index in [2.05, 4.69) is 46.4 Å². The van der Waals surface area contributed by atoms with Crippen molar-refractivity contribution in [3.63, 3.8) is 0 Å². The second kappa shape index (κ2) is 5.72. The van der Waals surface area contributed by atoms with E-state index in [-0.39, 0.29) is 0 Å². The minimum Gasteiger partial charge on any atom is -0.381 e. The molecule has 0 heterocycles. The number of rotatable bonds is 2. The molecule has 0 spiro atoms. The molecule has 0 unspecified atom stereocenters. The lowest BCUT2D eigenvalue weighted by atomic mass is 10.1. The maximum Gasteiger partial charge on any atom is 0.0489 e. The number of aryl methyl sites for hydroxylation is 1. The first-order valence-electron chi connectivity index (χ1n) is 6.29. The zero-order chi connectivity index (χ0) is 11.4. The van der Waals surface area contributed by atoms with Gasteiger partial charge in [-0.05, 0) is 47.3 Å². The topological polar surface area (TPSA) is 12.0 Å².